The SMILES string of the molecule is C=CCNS(=O)(=O)c1cccc(C(=O)NC(C(=O)NC)c2ccc(F)c(F)c2)c1. The van der Waals surface area contributed by atoms with Gasteiger partial charge in [0.2, 0.25) is 15.9 Å². The number of carbonyl (C=O) groups excluding carboxylic acids is 2. The minimum atomic E-state index is -3.86. The zero-order chi connectivity index (χ0) is 21.6. The maximum Gasteiger partial charge on any atom is 0.252 e. The fourth-order valence-corrected chi connectivity index (χ4v) is 3.45. The van der Waals surface area contributed by atoms with Crippen molar-refractivity contribution in [1.29, 1.82) is 0 Å². The Bertz CT molecular complexity index is 1040. The molecule has 0 saturated heterocycles. The molecule has 0 saturated carbocycles. The molecular weight excluding hydrogens is 404 g/mol. The van der Waals surface area contributed by atoms with Crippen LogP contribution in [0.15, 0.2) is 60.0 Å². The molecule has 0 aliphatic rings. The van der Waals surface area contributed by atoms with Crippen LogP contribution in [0.1, 0.15) is 22.0 Å². The number of halogens is 2. The van der Waals surface area contributed by atoms with Crippen molar-refractivity contribution in [3.8, 4) is 0 Å². The third-order valence-electron chi connectivity index (χ3n) is 3.89. The number of sulfonamides is 1. The van der Waals surface area contributed by atoms with Gasteiger partial charge in [0.05, 0.1) is 4.90 Å². The topological polar surface area (TPSA) is 104 Å². The highest BCUT2D eigenvalue weighted by Gasteiger charge is 2.24. The van der Waals surface area contributed by atoms with Gasteiger partial charge >= 0.3 is 0 Å². The van der Waals surface area contributed by atoms with Gasteiger partial charge in [-0.2, -0.15) is 0 Å². The highest BCUT2D eigenvalue weighted by Crippen LogP contribution is 2.18. The van der Waals surface area contributed by atoms with Crippen LogP contribution < -0.4 is 15.4 Å². The van der Waals surface area contributed by atoms with Gasteiger partial charge in [0, 0.05) is 19.2 Å². The Morgan fingerprint density at radius 2 is 1.86 bits per heavy atom. The average Bonchev–Trinajstić information content (AvgIpc) is 2.72. The fraction of sp³-hybridized carbons (Fsp3) is 0.158. The third-order valence-corrected chi connectivity index (χ3v) is 5.31. The highest BCUT2D eigenvalue weighted by atomic mass is 32.2. The number of hydrogen-bond donors (Lipinski definition) is 3. The smallest absolute Gasteiger partial charge is 0.252 e. The van der Waals surface area contributed by atoms with Crippen molar-refractivity contribution in [2.45, 2.75) is 10.9 Å². The van der Waals surface area contributed by atoms with E-state index in [9.17, 15) is 26.8 Å². The van der Waals surface area contributed by atoms with E-state index in [1.165, 1.54) is 37.4 Å². The van der Waals surface area contributed by atoms with Crippen molar-refractivity contribution in [3.63, 3.8) is 0 Å². The zero-order valence-electron chi connectivity index (χ0n) is 15.4. The average molecular weight is 423 g/mol. The number of likely N-dealkylation sites (N-methyl/N-ethyl adjacent to an activating group) is 1. The summed E-state index contributed by atoms with van der Waals surface area (Å²) in [5.41, 5.74) is -0.0176. The van der Waals surface area contributed by atoms with E-state index in [4.69, 9.17) is 0 Å². The monoisotopic (exact) mass is 423 g/mol. The number of carbonyl (C=O) groups is 2. The number of nitrogens with one attached hydrogen (secondary N) is 3. The minimum absolute atomic E-state index is 0.00757. The number of rotatable bonds is 8. The summed E-state index contributed by atoms with van der Waals surface area (Å²) in [4.78, 5) is 24.6. The predicted octanol–water partition coefficient (Wildman–Crippen LogP) is 1.65. The van der Waals surface area contributed by atoms with Crippen molar-refractivity contribution in [2.75, 3.05) is 13.6 Å². The molecule has 2 aromatic rings. The van der Waals surface area contributed by atoms with E-state index in [1.807, 2.05) is 0 Å². The largest absolute Gasteiger partial charge is 0.357 e. The molecule has 29 heavy (non-hydrogen) atoms. The maximum absolute atomic E-state index is 13.6. The molecule has 1 atom stereocenters. The van der Waals surface area contributed by atoms with Crippen molar-refractivity contribution in [3.05, 3.63) is 77.9 Å². The molecule has 2 rings (SSSR count). The zero-order valence-corrected chi connectivity index (χ0v) is 16.2. The van der Waals surface area contributed by atoms with E-state index in [2.05, 4.69) is 21.9 Å². The Balaban J connectivity index is 2.32. The van der Waals surface area contributed by atoms with Crippen LogP contribution in [0.2, 0.25) is 0 Å². The fourth-order valence-electron chi connectivity index (χ4n) is 2.41. The lowest BCUT2D eigenvalue weighted by Gasteiger charge is -2.18. The molecule has 1 unspecified atom stereocenters. The van der Waals surface area contributed by atoms with Crippen LogP contribution in [0.3, 0.4) is 0 Å². The summed E-state index contributed by atoms with van der Waals surface area (Å²) >= 11 is 0. The van der Waals surface area contributed by atoms with Gasteiger partial charge in [-0.15, -0.1) is 6.58 Å². The van der Waals surface area contributed by atoms with Gasteiger partial charge in [0.25, 0.3) is 5.91 Å². The van der Waals surface area contributed by atoms with Gasteiger partial charge in [-0.25, -0.2) is 21.9 Å². The van der Waals surface area contributed by atoms with E-state index >= 15 is 0 Å². The lowest BCUT2D eigenvalue weighted by molar-refractivity contribution is -0.122. The molecule has 0 spiro atoms. The normalized spacial score (nSPS) is 12.1. The Labute approximate surface area is 166 Å². The summed E-state index contributed by atoms with van der Waals surface area (Å²) in [5.74, 6) is -3.71. The molecule has 0 aromatic heterocycles. The van der Waals surface area contributed by atoms with Crippen molar-refractivity contribution in [1.82, 2.24) is 15.4 Å². The molecule has 0 radical (unpaired) electrons. The van der Waals surface area contributed by atoms with Crippen LogP contribution in [-0.4, -0.2) is 33.8 Å². The molecule has 7 nitrogen and oxygen atoms in total. The molecule has 3 N–H and O–H groups in total. The lowest BCUT2D eigenvalue weighted by atomic mass is 10.0. The highest BCUT2D eigenvalue weighted by molar-refractivity contribution is 7.89. The minimum Gasteiger partial charge on any atom is -0.357 e. The van der Waals surface area contributed by atoms with E-state index in [1.54, 1.807) is 0 Å². The summed E-state index contributed by atoms with van der Waals surface area (Å²) < 4.78 is 53.4. The van der Waals surface area contributed by atoms with E-state index in [0.29, 0.717) is 0 Å². The van der Waals surface area contributed by atoms with Crippen molar-refractivity contribution >= 4 is 21.8 Å². The molecule has 0 aliphatic heterocycles. The van der Waals surface area contributed by atoms with Gasteiger partial charge in [-0.3, -0.25) is 9.59 Å². The van der Waals surface area contributed by atoms with Crippen LogP contribution in [-0.2, 0) is 14.8 Å². The van der Waals surface area contributed by atoms with E-state index in [-0.39, 0.29) is 22.6 Å². The summed E-state index contributed by atoms with van der Waals surface area (Å²) in [7, 11) is -2.54. The summed E-state index contributed by atoms with van der Waals surface area (Å²) in [5, 5.41) is 4.73. The van der Waals surface area contributed by atoms with Crippen LogP contribution >= 0.6 is 0 Å². The second kappa shape index (κ2) is 9.39. The van der Waals surface area contributed by atoms with E-state index in [0.717, 1.165) is 18.2 Å². The Kier molecular flexibility index (Phi) is 7.18. The van der Waals surface area contributed by atoms with Crippen molar-refractivity contribution < 1.29 is 26.8 Å². The maximum atomic E-state index is 13.6. The quantitative estimate of drug-likeness (QED) is 0.562. The predicted molar refractivity (Wildman–Crippen MR) is 102 cm³/mol. The number of amides is 2. The first kappa shape index (κ1) is 22.2. The molecule has 0 heterocycles. The van der Waals surface area contributed by atoms with Gasteiger partial charge in [0.15, 0.2) is 11.6 Å². The number of hydrogen-bond acceptors (Lipinski definition) is 4. The Hall–Kier alpha value is -3.11. The second-order valence-electron chi connectivity index (χ2n) is 5.86. The Morgan fingerprint density at radius 3 is 2.48 bits per heavy atom. The Morgan fingerprint density at radius 1 is 1.14 bits per heavy atom. The molecule has 154 valence electrons. The van der Waals surface area contributed by atoms with Gasteiger partial charge in [0.1, 0.15) is 6.04 Å². The summed E-state index contributed by atoms with van der Waals surface area (Å²) in [6.45, 7) is 3.43. The number of benzene rings is 2. The molecule has 2 amide bonds. The molecule has 0 aliphatic carbocycles. The van der Waals surface area contributed by atoms with Crippen LogP contribution in [0, 0.1) is 11.6 Å². The first-order valence-electron chi connectivity index (χ1n) is 8.37. The van der Waals surface area contributed by atoms with Gasteiger partial charge < -0.3 is 10.6 Å². The third kappa shape index (κ3) is 5.46. The molecule has 10 heteroatoms. The summed E-state index contributed by atoms with van der Waals surface area (Å²) in [6, 6.07) is 6.64. The van der Waals surface area contributed by atoms with Crippen LogP contribution in [0.5, 0.6) is 0 Å². The molecule has 0 bridgehead atoms. The van der Waals surface area contributed by atoms with Crippen LogP contribution in [0.25, 0.3) is 0 Å². The first-order valence-corrected chi connectivity index (χ1v) is 9.86. The van der Waals surface area contributed by atoms with Gasteiger partial charge in [-0.05, 0) is 35.9 Å². The first-order chi connectivity index (χ1) is 13.7. The summed E-state index contributed by atoms with van der Waals surface area (Å²) in [6.07, 6.45) is 1.36. The van der Waals surface area contributed by atoms with Crippen molar-refractivity contribution in [2.24, 2.45) is 0 Å². The van der Waals surface area contributed by atoms with E-state index < -0.39 is 39.5 Å². The van der Waals surface area contributed by atoms with Gasteiger partial charge in [-0.1, -0.05) is 18.2 Å². The molecule has 0 fully saturated rings. The molecular formula is C19H19F2N3O4S. The van der Waals surface area contributed by atoms with Crippen LogP contribution in [0.4, 0.5) is 8.78 Å². The molecule has 2 aromatic carbocycles. The lowest BCUT2D eigenvalue weighted by Crippen LogP contribution is -2.39. The standard InChI is InChI=1S/C19H19F2N3O4S/c1-3-9-23-29(27,28)14-6-4-5-13(10-14)18(25)24-17(19(26)22-2)12-7-8-15(20)16(21)11-12/h3-8,10-11,17,23H,1,9H2,2H3,(H,22,26)(H,24,25). The second-order valence-corrected chi connectivity index (χ2v) is 7.63.